The van der Waals surface area contributed by atoms with Crippen LogP contribution in [0, 0.1) is 18.5 Å². The minimum absolute atomic E-state index is 0.0248. The number of benzene rings is 3. The molecule has 1 nitrogen and oxygen atoms in total. The van der Waals surface area contributed by atoms with Crippen LogP contribution in [-0.4, -0.2) is 6.18 Å². The molecule has 5 rings (SSSR count). The smallest absolute Gasteiger partial charge is 0.269 e. The average molecular weight is 532 g/mol. The van der Waals surface area contributed by atoms with Crippen molar-refractivity contribution in [2.75, 3.05) is 0 Å². The van der Waals surface area contributed by atoms with Gasteiger partial charge in [0.2, 0.25) is 0 Å². The normalized spacial score (nSPS) is 13.0. The second kappa shape index (κ2) is 9.23. The molecule has 0 bridgehead atoms. The molecular formula is C33H32F3NS. The second-order valence-electron chi connectivity index (χ2n) is 11.8. The summed E-state index contributed by atoms with van der Waals surface area (Å²) in [4.78, 5) is 2.21. The summed E-state index contributed by atoms with van der Waals surface area (Å²) < 4.78 is 42.3. The molecule has 2 aromatic heterocycles. The number of nitrogens with zero attached hydrogens (tertiary/aromatic N) is 1. The van der Waals surface area contributed by atoms with Gasteiger partial charge in [-0.2, -0.15) is 13.2 Å². The van der Waals surface area contributed by atoms with Crippen molar-refractivity contribution < 1.29 is 17.7 Å². The number of halogens is 3. The van der Waals surface area contributed by atoms with Crippen LogP contribution in [0.3, 0.4) is 0 Å². The number of aryl methyl sites for hydroxylation is 1. The van der Waals surface area contributed by atoms with Gasteiger partial charge >= 0.3 is 6.18 Å². The van der Waals surface area contributed by atoms with Gasteiger partial charge in [-0.3, -0.25) is 4.57 Å². The molecular weight excluding hydrogens is 499 g/mol. The number of pyridine rings is 1. The maximum atomic E-state index is 13.4. The molecule has 38 heavy (non-hydrogen) atoms. The average Bonchev–Trinajstić information content (AvgIpc) is 3.19. The fourth-order valence-electron chi connectivity index (χ4n) is 5.02. The topological polar surface area (TPSA) is 3.88 Å². The lowest BCUT2D eigenvalue weighted by atomic mass is 9.83. The standard InChI is InChI=1S/C33H32F3NS/c1-21-26-12-9-17-37(25-18-24-10-7-8-11-27(24)28(19-25)31(2,3)4)30(26)38-29(21)23-15-13-22(14-16-23)20-32(5,6)33(34,35)36/h7-16,18-19H,20H2,1-6H3. The molecule has 0 N–H and O–H groups in total. The maximum Gasteiger partial charge on any atom is 0.394 e. The number of hydrogen-bond donors (Lipinski definition) is 0. The van der Waals surface area contributed by atoms with E-state index in [9.17, 15) is 13.2 Å². The SMILES string of the molecule is Cc1c(-c2ccc(CC(C)(C)C(F)(F)F)cc2)sc2c1cc[c-][n+]2-c1cc(C(C)(C)C)c2ccccc2c1. The number of aromatic nitrogens is 1. The summed E-state index contributed by atoms with van der Waals surface area (Å²) in [6, 6.07) is 24.6. The maximum absolute atomic E-state index is 13.4. The summed E-state index contributed by atoms with van der Waals surface area (Å²) in [6.45, 7) is 11.3. The van der Waals surface area contributed by atoms with E-state index in [1.807, 2.05) is 30.3 Å². The van der Waals surface area contributed by atoms with E-state index in [0.717, 1.165) is 31.9 Å². The zero-order chi connectivity index (χ0) is 27.5. The number of hydrogen-bond acceptors (Lipinski definition) is 1. The molecule has 0 spiro atoms. The van der Waals surface area contributed by atoms with E-state index in [2.05, 4.69) is 80.9 Å². The number of alkyl halides is 3. The van der Waals surface area contributed by atoms with Crippen molar-refractivity contribution >= 4 is 32.3 Å². The monoisotopic (exact) mass is 531 g/mol. The predicted molar refractivity (Wildman–Crippen MR) is 152 cm³/mol. The minimum Gasteiger partial charge on any atom is -0.269 e. The number of fused-ring (bicyclic) bond motifs is 2. The van der Waals surface area contributed by atoms with Crippen LogP contribution in [0.2, 0.25) is 0 Å². The molecule has 3 aromatic carbocycles. The summed E-state index contributed by atoms with van der Waals surface area (Å²) in [5.41, 5.74) is 3.42. The fourth-order valence-corrected chi connectivity index (χ4v) is 6.31. The lowest BCUT2D eigenvalue weighted by Crippen LogP contribution is -2.34. The Bertz CT molecular complexity index is 1630. The van der Waals surface area contributed by atoms with E-state index < -0.39 is 11.6 Å². The van der Waals surface area contributed by atoms with Crippen molar-refractivity contribution in [2.45, 2.75) is 59.6 Å². The minimum atomic E-state index is -4.24. The van der Waals surface area contributed by atoms with Gasteiger partial charge in [-0.25, -0.2) is 0 Å². The van der Waals surface area contributed by atoms with Crippen LogP contribution in [0.4, 0.5) is 13.2 Å². The van der Waals surface area contributed by atoms with E-state index in [-0.39, 0.29) is 11.8 Å². The zero-order valence-corrected chi connectivity index (χ0v) is 23.4. The highest BCUT2D eigenvalue weighted by atomic mass is 32.1. The van der Waals surface area contributed by atoms with Crippen molar-refractivity contribution in [3.63, 3.8) is 0 Å². The Labute approximate surface area is 226 Å². The zero-order valence-electron chi connectivity index (χ0n) is 22.6. The third-order valence-electron chi connectivity index (χ3n) is 7.37. The first-order chi connectivity index (χ1) is 17.8. The molecule has 0 aliphatic carbocycles. The Morgan fingerprint density at radius 2 is 1.53 bits per heavy atom. The van der Waals surface area contributed by atoms with Crippen LogP contribution in [0.15, 0.2) is 72.8 Å². The van der Waals surface area contributed by atoms with Gasteiger partial charge in [0, 0.05) is 4.88 Å². The number of thiophene rings is 1. The quantitative estimate of drug-likeness (QED) is 0.161. The second-order valence-corrected chi connectivity index (χ2v) is 12.8. The summed E-state index contributed by atoms with van der Waals surface area (Å²) in [7, 11) is 0. The van der Waals surface area contributed by atoms with Crippen LogP contribution in [-0.2, 0) is 11.8 Å². The van der Waals surface area contributed by atoms with Gasteiger partial charge < -0.3 is 0 Å². The molecule has 0 amide bonds. The Balaban J connectivity index is 1.59. The van der Waals surface area contributed by atoms with E-state index in [4.69, 9.17) is 0 Å². The van der Waals surface area contributed by atoms with Crippen LogP contribution < -0.4 is 4.57 Å². The third-order valence-corrected chi connectivity index (χ3v) is 8.71. The van der Waals surface area contributed by atoms with E-state index in [1.165, 1.54) is 30.2 Å². The van der Waals surface area contributed by atoms with Gasteiger partial charge in [0.1, 0.15) is 5.69 Å². The third kappa shape index (κ3) is 4.73. The molecule has 0 saturated carbocycles. The van der Waals surface area contributed by atoms with Crippen LogP contribution in [0.1, 0.15) is 51.3 Å². The van der Waals surface area contributed by atoms with Gasteiger partial charge in [0.15, 0.2) is 11.0 Å². The Kier molecular flexibility index (Phi) is 6.42. The lowest BCUT2D eigenvalue weighted by Gasteiger charge is -2.27. The van der Waals surface area contributed by atoms with E-state index in [1.54, 1.807) is 11.3 Å². The summed E-state index contributed by atoms with van der Waals surface area (Å²) in [6.07, 6.45) is -0.856. The molecule has 196 valence electrons. The molecule has 2 heterocycles. The van der Waals surface area contributed by atoms with E-state index >= 15 is 0 Å². The Hall–Kier alpha value is -3.18. The lowest BCUT2D eigenvalue weighted by molar-refractivity contribution is -0.569. The predicted octanol–water partition coefficient (Wildman–Crippen LogP) is 9.54. The van der Waals surface area contributed by atoms with Crippen molar-refractivity contribution in [3.8, 4) is 16.1 Å². The van der Waals surface area contributed by atoms with Gasteiger partial charge in [-0.05, 0) is 69.3 Å². The highest BCUT2D eigenvalue weighted by Crippen LogP contribution is 2.41. The molecule has 0 atom stereocenters. The molecule has 0 aliphatic heterocycles. The number of rotatable bonds is 4. The van der Waals surface area contributed by atoms with Crippen LogP contribution in [0.25, 0.3) is 37.1 Å². The van der Waals surface area contributed by atoms with Crippen molar-refractivity contribution in [1.82, 2.24) is 0 Å². The van der Waals surface area contributed by atoms with Crippen molar-refractivity contribution in [3.05, 3.63) is 95.7 Å². The fraction of sp³-hybridized carbons (Fsp3) is 0.303. The largest absolute Gasteiger partial charge is 0.394 e. The first-order valence-electron chi connectivity index (χ1n) is 12.8. The van der Waals surface area contributed by atoms with Gasteiger partial charge in [0.25, 0.3) is 0 Å². The molecule has 0 unspecified atom stereocenters. The van der Waals surface area contributed by atoms with Crippen molar-refractivity contribution in [2.24, 2.45) is 5.41 Å². The molecule has 5 aromatic rings. The highest BCUT2D eigenvalue weighted by molar-refractivity contribution is 7.21. The molecule has 5 heteroatoms. The van der Waals surface area contributed by atoms with Gasteiger partial charge in [0.05, 0.1) is 5.41 Å². The summed E-state index contributed by atoms with van der Waals surface area (Å²) >= 11 is 1.69. The first-order valence-corrected chi connectivity index (χ1v) is 13.6. The summed E-state index contributed by atoms with van der Waals surface area (Å²) in [5.74, 6) is 0. The van der Waals surface area contributed by atoms with Crippen molar-refractivity contribution in [1.29, 1.82) is 0 Å². The van der Waals surface area contributed by atoms with Gasteiger partial charge in [-0.15, -0.1) is 17.4 Å². The summed E-state index contributed by atoms with van der Waals surface area (Å²) in [5, 5.41) is 3.60. The first kappa shape index (κ1) is 26.4. The van der Waals surface area contributed by atoms with Gasteiger partial charge in [-0.1, -0.05) is 89.2 Å². The van der Waals surface area contributed by atoms with Crippen LogP contribution >= 0.6 is 11.3 Å². The molecule has 0 saturated heterocycles. The Morgan fingerprint density at radius 3 is 2.18 bits per heavy atom. The highest BCUT2D eigenvalue weighted by Gasteiger charge is 2.46. The van der Waals surface area contributed by atoms with Crippen LogP contribution in [0.5, 0.6) is 0 Å². The Morgan fingerprint density at radius 1 is 0.842 bits per heavy atom. The molecule has 0 fully saturated rings. The van der Waals surface area contributed by atoms with E-state index in [0.29, 0.717) is 5.56 Å². The molecule has 0 aliphatic rings. The molecule has 0 radical (unpaired) electrons.